The second-order valence-corrected chi connectivity index (χ2v) is 5.53. The van der Waals surface area contributed by atoms with E-state index in [0.29, 0.717) is 28.0 Å². The Hall–Kier alpha value is -1.82. The molecule has 23 heavy (non-hydrogen) atoms. The van der Waals surface area contributed by atoms with Crippen LogP contribution in [-0.2, 0) is 16.1 Å². The summed E-state index contributed by atoms with van der Waals surface area (Å²) in [5.74, 6) is -0.548. The minimum atomic E-state index is -0.548. The van der Waals surface area contributed by atoms with Gasteiger partial charge in [0.25, 0.3) is 0 Å². The number of aliphatic hydroxyl groups excluding tert-OH is 1. The predicted octanol–water partition coefficient (Wildman–Crippen LogP) is 3.10. The molecule has 1 N–H and O–H groups in total. The van der Waals surface area contributed by atoms with E-state index >= 15 is 0 Å². The number of carbonyl (C=O) groups excluding carboxylic acids is 1. The number of benzene rings is 1. The standard InChI is InChI=1S/C16H16Cl2N2O3/c1-11-13(6-7-15(22)23-9-8-21)16(18)20(19-11)10-12-4-2-3-5-14(12)17/h2-7,21H,8-10H2,1H3/b7-6+. The molecule has 1 aromatic heterocycles. The molecule has 2 rings (SSSR count). The summed E-state index contributed by atoms with van der Waals surface area (Å²) < 4.78 is 6.37. The van der Waals surface area contributed by atoms with Crippen LogP contribution in [0, 0.1) is 6.92 Å². The van der Waals surface area contributed by atoms with Crippen molar-refractivity contribution in [2.45, 2.75) is 13.5 Å². The number of aromatic nitrogens is 2. The first-order chi connectivity index (χ1) is 11.0. The van der Waals surface area contributed by atoms with Crippen LogP contribution in [0.5, 0.6) is 0 Å². The van der Waals surface area contributed by atoms with Crippen molar-refractivity contribution in [2.24, 2.45) is 0 Å². The minimum absolute atomic E-state index is 0.0400. The summed E-state index contributed by atoms with van der Waals surface area (Å²) in [7, 11) is 0. The van der Waals surface area contributed by atoms with E-state index < -0.39 is 5.97 Å². The van der Waals surface area contributed by atoms with E-state index in [4.69, 9.17) is 33.0 Å². The van der Waals surface area contributed by atoms with E-state index in [0.717, 1.165) is 5.56 Å². The molecule has 0 atom stereocenters. The van der Waals surface area contributed by atoms with Crippen LogP contribution in [0.3, 0.4) is 0 Å². The van der Waals surface area contributed by atoms with E-state index in [9.17, 15) is 4.79 Å². The maximum absolute atomic E-state index is 11.4. The van der Waals surface area contributed by atoms with Crippen LogP contribution in [0.25, 0.3) is 6.08 Å². The van der Waals surface area contributed by atoms with Crippen LogP contribution >= 0.6 is 23.2 Å². The van der Waals surface area contributed by atoms with Gasteiger partial charge in [0.2, 0.25) is 0 Å². The molecule has 0 bridgehead atoms. The Bertz CT molecular complexity index is 726. The number of aryl methyl sites for hydroxylation is 1. The van der Waals surface area contributed by atoms with Crippen molar-refractivity contribution in [3.63, 3.8) is 0 Å². The van der Waals surface area contributed by atoms with E-state index in [1.165, 1.54) is 6.08 Å². The first-order valence-electron chi connectivity index (χ1n) is 6.95. The fourth-order valence-corrected chi connectivity index (χ4v) is 2.49. The van der Waals surface area contributed by atoms with Crippen molar-refractivity contribution in [3.05, 3.63) is 57.3 Å². The van der Waals surface area contributed by atoms with E-state index in [1.807, 2.05) is 18.2 Å². The molecule has 0 saturated heterocycles. The third-order valence-corrected chi connectivity index (χ3v) is 3.88. The number of halogens is 2. The summed E-state index contributed by atoms with van der Waals surface area (Å²) in [6.45, 7) is 1.98. The number of carbonyl (C=O) groups is 1. The van der Waals surface area contributed by atoms with Crippen molar-refractivity contribution in [3.8, 4) is 0 Å². The fraction of sp³-hybridized carbons (Fsp3) is 0.250. The van der Waals surface area contributed by atoms with Gasteiger partial charge in [0.15, 0.2) is 0 Å². The molecular formula is C16H16Cl2N2O3. The van der Waals surface area contributed by atoms with Crippen LogP contribution in [0.2, 0.25) is 10.2 Å². The van der Waals surface area contributed by atoms with Crippen molar-refractivity contribution in [1.29, 1.82) is 0 Å². The van der Waals surface area contributed by atoms with Crippen molar-refractivity contribution in [1.82, 2.24) is 9.78 Å². The Morgan fingerprint density at radius 3 is 2.83 bits per heavy atom. The lowest BCUT2D eigenvalue weighted by Gasteiger charge is -2.05. The Kier molecular flexibility index (Phi) is 6.21. The van der Waals surface area contributed by atoms with Gasteiger partial charge in [-0.3, -0.25) is 0 Å². The third-order valence-electron chi connectivity index (χ3n) is 3.11. The quantitative estimate of drug-likeness (QED) is 0.639. The SMILES string of the molecule is Cc1nn(Cc2ccccc2Cl)c(Cl)c1/C=C/C(=O)OCCO. The minimum Gasteiger partial charge on any atom is -0.460 e. The van der Waals surface area contributed by atoms with Crippen LogP contribution in [0.1, 0.15) is 16.8 Å². The molecule has 5 nitrogen and oxygen atoms in total. The largest absolute Gasteiger partial charge is 0.460 e. The molecule has 0 amide bonds. The van der Waals surface area contributed by atoms with Crippen LogP contribution in [-0.4, -0.2) is 34.1 Å². The highest BCUT2D eigenvalue weighted by Crippen LogP contribution is 2.24. The third kappa shape index (κ3) is 4.58. The van der Waals surface area contributed by atoms with Gasteiger partial charge in [-0.2, -0.15) is 5.10 Å². The number of nitrogens with zero attached hydrogens (tertiary/aromatic N) is 2. The first kappa shape index (κ1) is 17.5. The molecule has 0 fully saturated rings. The topological polar surface area (TPSA) is 64.4 Å². The molecule has 7 heteroatoms. The van der Waals surface area contributed by atoms with E-state index in [-0.39, 0.29) is 13.2 Å². The second-order valence-electron chi connectivity index (χ2n) is 4.76. The van der Waals surface area contributed by atoms with Gasteiger partial charge in [-0.25, -0.2) is 9.48 Å². The maximum Gasteiger partial charge on any atom is 0.330 e. The van der Waals surface area contributed by atoms with Crippen molar-refractivity contribution >= 4 is 35.2 Å². The zero-order valence-electron chi connectivity index (χ0n) is 12.5. The predicted molar refractivity (Wildman–Crippen MR) is 89.6 cm³/mol. The maximum atomic E-state index is 11.4. The molecule has 0 radical (unpaired) electrons. The van der Waals surface area contributed by atoms with Crippen LogP contribution in [0.15, 0.2) is 30.3 Å². The Balaban J connectivity index is 2.18. The molecule has 0 aliphatic heterocycles. The Morgan fingerprint density at radius 2 is 2.13 bits per heavy atom. The van der Waals surface area contributed by atoms with Crippen molar-refractivity contribution < 1.29 is 14.6 Å². The molecule has 0 saturated carbocycles. The molecule has 0 aliphatic rings. The summed E-state index contributed by atoms with van der Waals surface area (Å²) in [6.07, 6.45) is 2.80. The number of rotatable bonds is 6. The van der Waals surface area contributed by atoms with E-state index in [1.54, 1.807) is 23.7 Å². The summed E-state index contributed by atoms with van der Waals surface area (Å²) in [4.78, 5) is 11.4. The number of esters is 1. The molecule has 1 heterocycles. The van der Waals surface area contributed by atoms with E-state index in [2.05, 4.69) is 5.10 Å². The Morgan fingerprint density at radius 1 is 1.39 bits per heavy atom. The molecule has 0 spiro atoms. The summed E-state index contributed by atoms with van der Waals surface area (Å²) in [5.41, 5.74) is 2.23. The fourth-order valence-electron chi connectivity index (χ4n) is 1.99. The zero-order valence-corrected chi connectivity index (χ0v) is 14.0. The monoisotopic (exact) mass is 354 g/mol. The zero-order chi connectivity index (χ0) is 16.8. The lowest BCUT2D eigenvalue weighted by Crippen LogP contribution is -2.05. The molecule has 1 aromatic carbocycles. The molecule has 2 aromatic rings. The van der Waals surface area contributed by atoms with Gasteiger partial charge in [-0.15, -0.1) is 0 Å². The summed E-state index contributed by atoms with van der Waals surface area (Å²) >= 11 is 12.5. The number of hydrogen-bond donors (Lipinski definition) is 1. The number of hydrogen-bond acceptors (Lipinski definition) is 4. The average Bonchev–Trinajstić information content (AvgIpc) is 2.79. The smallest absolute Gasteiger partial charge is 0.330 e. The van der Waals surface area contributed by atoms with Crippen LogP contribution < -0.4 is 0 Å². The summed E-state index contributed by atoms with van der Waals surface area (Å²) in [5, 5.41) is 14.0. The number of aliphatic hydroxyl groups is 1. The average molecular weight is 355 g/mol. The summed E-state index contributed by atoms with van der Waals surface area (Å²) in [6, 6.07) is 7.45. The molecular weight excluding hydrogens is 339 g/mol. The van der Waals surface area contributed by atoms with Gasteiger partial charge >= 0.3 is 5.97 Å². The first-order valence-corrected chi connectivity index (χ1v) is 7.70. The van der Waals surface area contributed by atoms with Gasteiger partial charge in [-0.05, 0) is 24.6 Å². The normalized spacial score (nSPS) is 11.1. The van der Waals surface area contributed by atoms with Gasteiger partial charge in [0.05, 0.1) is 18.8 Å². The van der Waals surface area contributed by atoms with Crippen LogP contribution in [0.4, 0.5) is 0 Å². The van der Waals surface area contributed by atoms with Crippen molar-refractivity contribution in [2.75, 3.05) is 13.2 Å². The lowest BCUT2D eigenvalue weighted by atomic mass is 10.2. The second kappa shape index (κ2) is 8.15. The highest BCUT2D eigenvalue weighted by molar-refractivity contribution is 6.32. The number of ether oxygens (including phenoxy) is 1. The highest BCUT2D eigenvalue weighted by atomic mass is 35.5. The Labute approximate surface area is 144 Å². The molecule has 122 valence electrons. The lowest BCUT2D eigenvalue weighted by molar-refractivity contribution is -0.138. The molecule has 0 aliphatic carbocycles. The molecule has 0 unspecified atom stereocenters. The van der Waals surface area contributed by atoms with Gasteiger partial charge in [-0.1, -0.05) is 41.4 Å². The van der Waals surface area contributed by atoms with Gasteiger partial charge in [0.1, 0.15) is 11.8 Å². The van der Waals surface area contributed by atoms with Gasteiger partial charge in [0, 0.05) is 16.7 Å². The highest BCUT2D eigenvalue weighted by Gasteiger charge is 2.13. The van der Waals surface area contributed by atoms with Gasteiger partial charge < -0.3 is 9.84 Å².